The fraction of sp³-hybridized carbons (Fsp3) is 1.00. The van der Waals surface area contributed by atoms with E-state index >= 15 is 0 Å². The average molecular weight is 483 g/mol. The molecule has 0 N–H and O–H groups in total. The SMILES string of the molecule is CCCP(CCC)CCC.CCCP(CCC)CCC.[Cl-].[Cl-].[Zr+2]. The maximum atomic E-state index is 2.31. The Morgan fingerprint density at radius 1 is 0.391 bits per heavy atom. The Morgan fingerprint density at radius 2 is 0.522 bits per heavy atom. The third kappa shape index (κ3) is 29.3. The summed E-state index contributed by atoms with van der Waals surface area (Å²) in [4.78, 5) is 0. The van der Waals surface area contributed by atoms with Crippen molar-refractivity contribution in [1.82, 2.24) is 0 Å². The number of hydrogen-bond acceptors (Lipinski definition) is 0. The van der Waals surface area contributed by atoms with Crippen LogP contribution in [0.4, 0.5) is 0 Å². The van der Waals surface area contributed by atoms with Gasteiger partial charge in [0.15, 0.2) is 0 Å². The van der Waals surface area contributed by atoms with E-state index in [0.29, 0.717) is 15.8 Å². The van der Waals surface area contributed by atoms with Gasteiger partial charge in [0, 0.05) is 0 Å². The van der Waals surface area contributed by atoms with E-state index in [0.717, 1.165) is 0 Å². The molecule has 0 aromatic heterocycles. The Morgan fingerprint density at radius 3 is 0.609 bits per heavy atom. The molecule has 0 heterocycles. The van der Waals surface area contributed by atoms with Gasteiger partial charge in [-0.05, 0) is 37.0 Å². The predicted molar refractivity (Wildman–Crippen MR) is 105 cm³/mol. The second kappa shape index (κ2) is 32.0. The van der Waals surface area contributed by atoms with E-state index in [4.69, 9.17) is 0 Å². The number of halogens is 2. The Labute approximate surface area is 183 Å². The van der Waals surface area contributed by atoms with Crippen LogP contribution in [0, 0.1) is 0 Å². The molecule has 0 aliphatic carbocycles. The molecule has 0 aliphatic heterocycles. The first kappa shape index (κ1) is 36.3. The van der Waals surface area contributed by atoms with Crippen LogP contribution < -0.4 is 24.8 Å². The largest absolute Gasteiger partial charge is 2.00 e. The summed E-state index contributed by atoms with van der Waals surface area (Å²) in [7, 11) is 0.878. The number of rotatable bonds is 12. The van der Waals surface area contributed by atoms with Crippen LogP contribution in [0.1, 0.15) is 80.1 Å². The van der Waals surface area contributed by atoms with Crippen LogP contribution >= 0.6 is 15.8 Å². The smallest absolute Gasteiger partial charge is 1.00 e. The third-order valence-corrected chi connectivity index (χ3v) is 9.72. The van der Waals surface area contributed by atoms with E-state index in [9.17, 15) is 0 Å². The Hall–Kier alpha value is 2.32. The first-order chi connectivity index (χ1) is 9.69. The monoisotopic (exact) mass is 480 g/mol. The van der Waals surface area contributed by atoms with Gasteiger partial charge in [0.1, 0.15) is 0 Å². The molecule has 0 nitrogen and oxygen atoms in total. The van der Waals surface area contributed by atoms with Gasteiger partial charge in [0.05, 0.1) is 0 Å². The summed E-state index contributed by atoms with van der Waals surface area (Å²) < 4.78 is 0. The Kier molecular flexibility index (Phi) is 50.5. The van der Waals surface area contributed by atoms with Crippen molar-refractivity contribution >= 4 is 15.8 Å². The molecule has 0 atom stereocenters. The summed E-state index contributed by atoms with van der Waals surface area (Å²) in [5.74, 6) is 0. The molecule has 0 spiro atoms. The van der Waals surface area contributed by atoms with Gasteiger partial charge in [-0.2, -0.15) is 0 Å². The van der Waals surface area contributed by atoms with Crippen LogP contribution in [-0.4, -0.2) is 37.0 Å². The van der Waals surface area contributed by atoms with Gasteiger partial charge in [-0.15, -0.1) is 15.8 Å². The van der Waals surface area contributed by atoms with Crippen molar-refractivity contribution in [2.75, 3.05) is 37.0 Å². The Balaban J connectivity index is -0.0000000831. The van der Waals surface area contributed by atoms with Crippen LogP contribution in [-0.2, 0) is 26.2 Å². The maximum absolute atomic E-state index is 2.31. The van der Waals surface area contributed by atoms with Crippen LogP contribution in [0.2, 0.25) is 0 Å². The normalized spacial score (nSPS) is 9.39. The third-order valence-electron chi connectivity index (χ3n) is 3.24. The summed E-state index contributed by atoms with van der Waals surface area (Å²) in [5.41, 5.74) is 0. The first-order valence-corrected chi connectivity index (χ1v) is 12.9. The molecular formula is C18H42Cl2P2Zr. The Bertz CT molecular complexity index is 129. The summed E-state index contributed by atoms with van der Waals surface area (Å²) in [6.45, 7) is 13.8. The molecule has 0 aromatic rings. The van der Waals surface area contributed by atoms with Gasteiger partial charge in [-0.3, -0.25) is 0 Å². The average Bonchev–Trinajstić information content (AvgIpc) is 2.41. The summed E-state index contributed by atoms with van der Waals surface area (Å²) in [5, 5.41) is 0. The fourth-order valence-corrected chi connectivity index (χ4v) is 7.70. The van der Waals surface area contributed by atoms with Gasteiger partial charge in [-0.25, -0.2) is 0 Å². The molecule has 0 rings (SSSR count). The number of hydrogen-bond donors (Lipinski definition) is 0. The topological polar surface area (TPSA) is 0 Å². The van der Waals surface area contributed by atoms with E-state index in [1.807, 2.05) is 0 Å². The first-order valence-electron chi connectivity index (χ1n) is 9.14. The van der Waals surface area contributed by atoms with E-state index in [2.05, 4.69) is 41.5 Å². The molecule has 0 amide bonds. The van der Waals surface area contributed by atoms with Gasteiger partial charge < -0.3 is 24.8 Å². The van der Waals surface area contributed by atoms with Crippen LogP contribution in [0.5, 0.6) is 0 Å². The van der Waals surface area contributed by atoms with Crippen molar-refractivity contribution in [3.63, 3.8) is 0 Å². The van der Waals surface area contributed by atoms with Gasteiger partial charge in [-0.1, -0.05) is 80.1 Å². The van der Waals surface area contributed by atoms with Crippen LogP contribution in [0.15, 0.2) is 0 Å². The molecule has 0 saturated carbocycles. The van der Waals surface area contributed by atoms with E-state index < -0.39 is 0 Å². The summed E-state index contributed by atoms with van der Waals surface area (Å²) >= 11 is 0. The molecule has 0 bridgehead atoms. The van der Waals surface area contributed by atoms with Crippen molar-refractivity contribution in [3.05, 3.63) is 0 Å². The molecule has 23 heavy (non-hydrogen) atoms. The molecular weight excluding hydrogens is 440 g/mol. The second-order valence-corrected chi connectivity index (χ2v) is 11.0. The van der Waals surface area contributed by atoms with Crippen molar-refractivity contribution < 1.29 is 51.0 Å². The second-order valence-electron chi connectivity index (χ2n) is 5.68. The van der Waals surface area contributed by atoms with Crippen molar-refractivity contribution in [1.29, 1.82) is 0 Å². The zero-order valence-electron chi connectivity index (χ0n) is 16.6. The summed E-state index contributed by atoms with van der Waals surface area (Å²) in [6.07, 6.45) is 17.4. The molecule has 0 unspecified atom stereocenters. The molecule has 142 valence electrons. The van der Waals surface area contributed by atoms with Crippen molar-refractivity contribution in [3.8, 4) is 0 Å². The molecule has 0 radical (unpaired) electrons. The summed E-state index contributed by atoms with van der Waals surface area (Å²) in [6, 6.07) is 0. The standard InChI is InChI=1S/2C9H21P.2ClH.Zr/c2*1-4-7-10(8-5-2)9-6-3;;;/h2*4-9H2,1-3H3;2*1H;/q;;;;+2/p-2. The van der Waals surface area contributed by atoms with Crippen LogP contribution in [0.25, 0.3) is 0 Å². The van der Waals surface area contributed by atoms with Gasteiger partial charge >= 0.3 is 26.2 Å². The van der Waals surface area contributed by atoms with Crippen LogP contribution in [0.3, 0.4) is 0 Å². The molecule has 0 fully saturated rings. The van der Waals surface area contributed by atoms with Crippen molar-refractivity contribution in [2.24, 2.45) is 0 Å². The van der Waals surface area contributed by atoms with E-state index in [-0.39, 0.29) is 51.0 Å². The fourth-order valence-electron chi connectivity index (χ4n) is 2.57. The minimum absolute atomic E-state index is 0. The van der Waals surface area contributed by atoms with Crippen molar-refractivity contribution in [2.45, 2.75) is 80.1 Å². The maximum Gasteiger partial charge on any atom is 2.00 e. The minimum Gasteiger partial charge on any atom is -1.00 e. The molecule has 5 heteroatoms. The van der Waals surface area contributed by atoms with Gasteiger partial charge in [0.2, 0.25) is 0 Å². The molecule has 0 aromatic carbocycles. The quantitative estimate of drug-likeness (QED) is 0.369. The van der Waals surface area contributed by atoms with Gasteiger partial charge in [0.25, 0.3) is 0 Å². The predicted octanol–water partition coefficient (Wildman–Crippen LogP) is 1.40. The molecule has 0 saturated heterocycles. The zero-order chi connectivity index (χ0) is 15.6. The molecule has 0 aliphatic rings. The van der Waals surface area contributed by atoms with E-state index in [1.165, 1.54) is 75.5 Å². The zero-order valence-corrected chi connectivity index (χ0v) is 22.4. The van der Waals surface area contributed by atoms with E-state index in [1.54, 1.807) is 0 Å². The minimum atomic E-state index is 0.